The molecule has 3 nitrogen and oxygen atoms in total. The van der Waals surface area contributed by atoms with Gasteiger partial charge in [-0.15, -0.1) is 0 Å². The molecule has 0 N–H and O–H groups in total. The van der Waals surface area contributed by atoms with E-state index in [2.05, 4.69) is 0 Å². The number of hydrogen-bond donors (Lipinski definition) is 0. The summed E-state index contributed by atoms with van der Waals surface area (Å²) in [5.74, 6) is 1.69. The molecule has 0 aliphatic rings. The molecule has 1 amide bonds. The number of carbonyl (C=O) groups is 1. The molecular weight excluding hydrogens is 142 g/mol. The Bertz CT molecular complexity index is 242. The molecule has 0 bridgehead atoms. The number of rotatable bonds is 3. The minimum absolute atomic E-state index is 0.539. The van der Waals surface area contributed by atoms with Gasteiger partial charge in [0.1, 0.15) is 11.5 Å². The molecule has 3 heteroatoms. The fraction of sp³-hybridized carbons (Fsp3) is 0.375. The molecule has 1 rings (SSSR count). The van der Waals surface area contributed by atoms with Gasteiger partial charge in [-0.1, -0.05) is 0 Å². The summed E-state index contributed by atoms with van der Waals surface area (Å²) in [7, 11) is 1.71. The largest absolute Gasteiger partial charge is 0.464 e. The zero-order valence-electron chi connectivity index (χ0n) is 6.70. The number of aryl methyl sites for hydroxylation is 1. The van der Waals surface area contributed by atoms with Crippen LogP contribution in [0.1, 0.15) is 11.5 Å². The highest BCUT2D eigenvalue weighted by Gasteiger charge is 2.00. The molecule has 0 saturated heterocycles. The van der Waals surface area contributed by atoms with Crippen LogP contribution in [0, 0.1) is 6.92 Å². The van der Waals surface area contributed by atoms with Crippen LogP contribution in [0.15, 0.2) is 16.5 Å². The number of amides is 1. The highest BCUT2D eigenvalue weighted by molar-refractivity contribution is 5.46. The average molecular weight is 153 g/mol. The van der Waals surface area contributed by atoms with Gasteiger partial charge in [-0.05, 0) is 19.1 Å². The van der Waals surface area contributed by atoms with Crippen LogP contribution >= 0.6 is 0 Å². The van der Waals surface area contributed by atoms with Gasteiger partial charge in [-0.2, -0.15) is 0 Å². The summed E-state index contributed by atoms with van der Waals surface area (Å²) in [6.07, 6.45) is 0.776. The maximum atomic E-state index is 10.2. The fourth-order valence-electron chi connectivity index (χ4n) is 0.853. The second-order valence-electron chi connectivity index (χ2n) is 2.53. The summed E-state index contributed by atoms with van der Waals surface area (Å²) in [6, 6.07) is 3.75. The second-order valence-corrected chi connectivity index (χ2v) is 2.53. The Hall–Kier alpha value is -1.25. The van der Waals surface area contributed by atoms with Crippen molar-refractivity contribution in [2.75, 3.05) is 7.05 Å². The molecule has 0 radical (unpaired) electrons. The molecule has 60 valence electrons. The molecule has 0 fully saturated rings. The Morgan fingerprint density at radius 2 is 2.36 bits per heavy atom. The van der Waals surface area contributed by atoms with Crippen molar-refractivity contribution in [1.29, 1.82) is 0 Å². The molecule has 1 heterocycles. The summed E-state index contributed by atoms with van der Waals surface area (Å²) in [4.78, 5) is 11.7. The Balaban J connectivity index is 2.57. The van der Waals surface area contributed by atoms with Crippen LogP contribution in [-0.4, -0.2) is 18.4 Å². The zero-order valence-corrected chi connectivity index (χ0v) is 6.70. The fourth-order valence-corrected chi connectivity index (χ4v) is 0.853. The first kappa shape index (κ1) is 7.85. The molecule has 0 aliphatic heterocycles. The summed E-state index contributed by atoms with van der Waals surface area (Å²) in [6.45, 7) is 2.42. The van der Waals surface area contributed by atoms with Gasteiger partial charge < -0.3 is 9.32 Å². The van der Waals surface area contributed by atoms with Gasteiger partial charge in [-0.25, -0.2) is 0 Å². The maximum absolute atomic E-state index is 10.2. The van der Waals surface area contributed by atoms with Gasteiger partial charge >= 0.3 is 0 Å². The first-order chi connectivity index (χ1) is 5.22. The van der Waals surface area contributed by atoms with E-state index in [4.69, 9.17) is 4.42 Å². The van der Waals surface area contributed by atoms with Crippen LogP contribution in [0.4, 0.5) is 0 Å². The Morgan fingerprint density at radius 3 is 2.82 bits per heavy atom. The topological polar surface area (TPSA) is 33.5 Å². The maximum Gasteiger partial charge on any atom is 0.209 e. The first-order valence-corrected chi connectivity index (χ1v) is 3.43. The van der Waals surface area contributed by atoms with Crippen molar-refractivity contribution in [3.63, 3.8) is 0 Å². The van der Waals surface area contributed by atoms with Crippen LogP contribution < -0.4 is 0 Å². The van der Waals surface area contributed by atoms with Gasteiger partial charge in [-0.3, -0.25) is 4.79 Å². The van der Waals surface area contributed by atoms with Crippen molar-refractivity contribution in [3.05, 3.63) is 23.7 Å². The lowest BCUT2D eigenvalue weighted by Gasteiger charge is -2.06. The van der Waals surface area contributed by atoms with Crippen LogP contribution in [-0.2, 0) is 11.3 Å². The lowest BCUT2D eigenvalue weighted by atomic mass is 10.4. The van der Waals surface area contributed by atoms with E-state index in [0.29, 0.717) is 6.54 Å². The smallest absolute Gasteiger partial charge is 0.209 e. The quantitative estimate of drug-likeness (QED) is 0.611. The van der Waals surface area contributed by atoms with Crippen molar-refractivity contribution < 1.29 is 9.21 Å². The van der Waals surface area contributed by atoms with E-state index >= 15 is 0 Å². The molecule has 1 aromatic heterocycles. The molecule has 11 heavy (non-hydrogen) atoms. The van der Waals surface area contributed by atoms with Gasteiger partial charge in [0.25, 0.3) is 0 Å². The molecule has 0 aromatic carbocycles. The molecular formula is C8H11NO2. The van der Waals surface area contributed by atoms with Crippen molar-refractivity contribution in [2.45, 2.75) is 13.5 Å². The number of carbonyl (C=O) groups excluding carboxylic acids is 1. The van der Waals surface area contributed by atoms with Crippen molar-refractivity contribution >= 4 is 6.41 Å². The Kier molecular flexibility index (Phi) is 2.31. The van der Waals surface area contributed by atoms with Crippen molar-refractivity contribution in [3.8, 4) is 0 Å². The summed E-state index contributed by atoms with van der Waals surface area (Å²) >= 11 is 0. The van der Waals surface area contributed by atoms with E-state index in [1.165, 1.54) is 4.90 Å². The molecule has 0 spiro atoms. The van der Waals surface area contributed by atoms with Crippen LogP contribution in [0.2, 0.25) is 0 Å². The van der Waals surface area contributed by atoms with E-state index < -0.39 is 0 Å². The lowest BCUT2D eigenvalue weighted by molar-refractivity contribution is -0.117. The molecule has 0 saturated carbocycles. The highest BCUT2D eigenvalue weighted by atomic mass is 16.3. The standard InChI is InChI=1S/C8H11NO2/c1-7-3-4-8(11-7)5-9(2)6-10/h3-4,6H,5H2,1-2H3. The number of hydrogen-bond acceptors (Lipinski definition) is 2. The minimum Gasteiger partial charge on any atom is -0.464 e. The average Bonchev–Trinajstić information content (AvgIpc) is 2.35. The van der Waals surface area contributed by atoms with Crippen molar-refractivity contribution in [1.82, 2.24) is 4.90 Å². The third kappa shape index (κ3) is 2.11. The third-order valence-corrected chi connectivity index (χ3v) is 1.38. The Morgan fingerprint density at radius 1 is 1.64 bits per heavy atom. The SMILES string of the molecule is Cc1ccc(CN(C)C=O)o1. The third-order valence-electron chi connectivity index (χ3n) is 1.38. The molecule has 0 unspecified atom stereocenters. The van der Waals surface area contributed by atoms with E-state index in [-0.39, 0.29) is 0 Å². The second kappa shape index (κ2) is 3.23. The predicted octanol–water partition coefficient (Wildman–Crippen LogP) is 1.18. The van der Waals surface area contributed by atoms with Crippen molar-refractivity contribution in [2.24, 2.45) is 0 Å². The first-order valence-electron chi connectivity index (χ1n) is 3.43. The number of nitrogens with zero attached hydrogens (tertiary/aromatic N) is 1. The van der Waals surface area contributed by atoms with Gasteiger partial charge in [0, 0.05) is 7.05 Å². The Labute approximate surface area is 65.6 Å². The highest BCUT2D eigenvalue weighted by Crippen LogP contribution is 2.07. The van der Waals surface area contributed by atoms with Crippen LogP contribution in [0.3, 0.4) is 0 Å². The normalized spacial score (nSPS) is 9.64. The summed E-state index contributed by atoms with van der Waals surface area (Å²) in [5.41, 5.74) is 0. The van der Waals surface area contributed by atoms with E-state index in [1.54, 1.807) is 7.05 Å². The van der Waals surface area contributed by atoms with Crippen LogP contribution in [0.25, 0.3) is 0 Å². The van der Waals surface area contributed by atoms with E-state index in [0.717, 1.165) is 17.9 Å². The van der Waals surface area contributed by atoms with Gasteiger partial charge in [0.05, 0.1) is 6.54 Å². The summed E-state index contributed by atoms with van der Waals surface area (Å²) in [5, 5.41) is 0. The monoisotopic (exact) mass is 153 g/mol. The number of furan rings is 1. The molecule has 0 atom stereocenters. The van der Waals surface area contributed by atoms with E-state index in [9.17, 15) is 4.79 Å². The van der Waals surface area contributed by atoms with E-state index in [1.807, 2.05) is 19.1 Å². The minimum atomic E-state index is 0.539. The molecule has 1 aromatic rings. The zero-order chi connectivity index (χ0) is 8.27. The molecule has 0 aliphatic carbocycles. The van der Waals surface area contributed by atoms with Gasteiger partial charge in [0.2, 0.25) is 6.41 Å². The van der Waals surface area contributed by atoms with Gasteiger partial charge in [0.15, 0.2) is 0 Å². The summed E-state index contributed by atoms with van der Waals surface area (Å²) < 4.78 is 5.26. The van der Waals surface area contributed by atoms with Crippen LogP contribution in [0.5, 0.6) is 0 Å². The predicted molar refractivity (Wildman–Crippen MR) is 41.0 cm³/mol. The lowest BCUT2D eigenvalue weighted by Crippen LogP contribution is -2.14.